The maximum Gasteiger partial charge on any atom is 0.335 e. The van der Waals surface area contributed by atoms with Crippen LogP contribution < -0.4 is 0 Å². The van der Waals surface area contributed by atoms with Gasteiger partial charge in [-0.15, -0.1) is 0 Å². The average molecular weight is 1100 g/mol. The highest BCUT2D eigenvalue weighted by Gasteiger charge is 2.50. The normalized spacial score (nSPS) is 19.1. The molecular formula is C67H98O12. The zero-order valence-electron chi connectivity index (χ0n) is 48.0. The highest BCUT2D eigenvalue weighted by Crippen LogP contribution is 2.26. The standard InChI is InChI=1S/C67H98O12/c1-4-7-10-13-16-19-22-25-28-30-33-35-38-41-44-47-50-53-59(68)75-56-58(77-60(69)54-51-48-45-42-39-37-34-31-29-26-23-20-17-14-11-8-5-2)57-76-67-65(63(72)62(71)64(79-67)66(73)74)78-61(70)55-52-49-46-43-40-36-32-27-24-21-18-15-12-9-6-3/h7-12,16-21,25-29,32-35,37,40-41,43-44,49,52,58,62-65,67,71-72H,4-6,13-15,22-24,30-31,36,38-39,42,45-48,50-51,53-57H2,1-3H3,(H,73,74)/b10-7-,11-8-,12-9-,19-16-,20-17-,21-18-,28-25-,29-26-,32-27-,35-33-,37-34-,43-40-,44-41-,52-49-. The van der Waals surface area contributed by atoms with Gasteiger partial charge in [0.2, 0.25) is 0 Å². The fourth-order valence-electron chi connectivity index (χ4n) is 7.47. The van der Waals surface area contributed by atoms with Crippen LogP contribution in [0.2, 0.25) is 0 Å². The molecule has 0 radical (unpaired) electrons. The second-order valence-corrected chi connectivity index (χ2v) is 18.8. The molecule has 1 aliphatic heterocycles. The van der Waals surface area contributed by atoms with Gasteiger partial charge in [-0.05, 0) is 122 Å². The molecule has 1 saturated heterocycles. The Morgan fingerprint density at radius 1 is 0.430 bits per heavy atom. The first-order valence-electron chi connectivity index (χ1n) is 29.1. The number of carbonyl (C=O) groups excluding carboxylic acids is 3. The first kappa shape index (κ1) is 71.1. The molecule has 1 rings (SSSR count). The van der Waals surface area contributed by atoms with E-state index in [0.717, 1.165) is 109 Å². The van der Waals surface area contributed by atoms with Crippen LogP contribution in [0.5, 0.6) is 0 Å². The van der Waals surface area contributed by atoms with Crippen molar-refractivity contribution in [3.8, 4) is 0 Å². The molecular weight excluding hydrogens is 997 g/mol. The Labute approximate surface area is 475 Å². The number of hydrogen-bond donors (Lipinski definition) is 3. The Balaban J connectivity index is 2.82. The molecule has 12 heteroatoms. The second kappa shape index (κ2) is 52.8. The predicted molar refractivity (Wildman–Crippen MR) is 321 cm³/mol. The minimum absolute atomic E-state index is 0.101. The van der Waals surface area contributed by atoms with Gasteiger partial charge in [0.15, 0.2) is 24.6 Å². The summed E-state index contributed by atoms with van der Waals surface area (Å²) >= 11 is 0. The molecule has 0 aromatic heterocycles. The van der Waals surface area contributed by atoms with E-state index in [-0.39, 0.29) is 25.9 Å². The minimum atomic E-state index is -1.96. The van der Waals surface area contributed by atoms with Crippen LogP contribution in [0.25, 0.3) is 0 Å². The van der Waals surface area contributed by atoms with Crippen LogP contribution >= 0.6 is 0 Å². The van der Waals surface area contributed by atoms with Gasteiger partial charge in [-0.3, -0.25) is 14.4 Å². The van der Waals surface area contributed by atoms with E-state index in [1.54, 1.807) is 12.2 Å². The van der Waals surface area contributed by atoms with Gasteiger partial charge in [0, 0.05) is 12.8 Å². The van der Waals surface area contributed by atoms with E-state index < -0.39 is 67.3 Å². The third-order valence-corrected chi connectivity index (χ3v) is 11.8. The van der Waals surface area contributed by atoms with Gasteiger partial charge in [0.1, 0.15) is 18.8 Å². The van der Waals surface area contributed by atoms with Crippen LogP contribution in [-0.2, 0) is 42.9 Å². The quantitative estimate of drug-likeness (QED) is 0.0228. The monoisotopic (exact) mass is 1090 g/mol. The molecule has 12 nitrogen and oxygen atoms in total. The molecule has 1 fully saturated rings. The number of aliphatic hydroxyl groups is 2. The van der Waals surface area contributed by atoms with E-state index in [2.05, 4.69) is 154 Å². The van der Waals surface area contributed by atoms with E-state index in [1.807, 2.05) is 24.3 Å². The van der Waals surface area contributed by atoms with Crippen molar-refractivity contribution in [1.29, 1.82) is 0 Å². The summed E-state index contributed by atoms with van der Waals surface area (Å²) in [6, 6.07) is 0. The summed E-state index contributed by atoms with van der Waals surface area (Å²) in [5.41, 5.74) is 0. The van der Waals surface area contributed by atoms with E-state index in [1.165, 1.54) is 0 Å². The molecule has 1 aliphatic rings. The van der Waals surface area contributed by atoms with E-state index in [0.29, 0.717) is 25.7 Å². The summed E-state index contributed by atoms with van der Waals surface area (Å²) in [6.07, 6.45) is 66.4. The van der Waals surface area contributed by atoms with Crippen molar-refractivity contribution in [2.24, 2.45) is 0 Å². The molecule has 0 spiro atoms. The number of ether oxygens (including phenoxy) is 5. The number of hydrogen-bond acceptors (Lipinski definition) is 11. The summed E-state index contributed by atoms with van der Waals surface area (Å²) in [5, 5.41) is 31.4. The first-order valence-corrected chi connectivity index (χ1v) is 29.1. The highest BCUT2D eigenvalue weighted by molar-refractivity contribution is 5.74. The molecule has 0 aromatic rings. The van der Waals surface area contributed by atoms with Crippen LogP contribution in [0.15, 0.2) is 170 Å². The highest BCUT2D eigenvalue weighted by atomic mass is 16.7. The van der Waals surface area contributed by atoms with Gasteiger partial charge in [-0.2, -0.15) is 0 Å². The van der Waals surface area contributed by atoms with Crippen LogP contribution in [0.4, 0.5) is 0 Å². The van der Waals surface area contributed by atoms with Crippen molar-refractivity contribution in [1.82, 2.24) is 0 Å². The number of unbranched alkanes of at least 4 members (excludes halogenated alkanes) is 5. The first-order chi connectivity index (χ1) is 38.6. The summed E-state index contributed by atoms with van der Waals surface area (Å²) in [4.78, 5) is 51.1. The number of allylic oxidation sites excluding steroid dienone is 27. The van der Waals surface area contributed by atoms with Gasteiger partial charge in [-0.25, -0.2) is 4.79 Å². The topological polar surface area (TPSA) is 175 Å². The van der Waals surface area contributed by atoms with Crippen LogP contribution in [0, 0.1) is 0 Å². The Kier molecular flexibility index (Phi) is 47.5. The Bertz CT molecular complexity index is 2020. The van der Waals surface area contributed by atoms with Crippen LogP contribution in [0.3, 0.4) is 0 Å². The summed E-state index contributed by atoms with van der Waals surface area (Å²) in [7, 11) is 0. The number of carbonyl (C=O) groups is 4. The lowest BCUT2D eigenvalue weighted by Gasteiger charge is -2.40. The summed E-state index contributed by atoms with van der Waals surface area (Å²) < 4.78 is 28.2. The van der Waals surface area contributed by atoms with Crippen molar-refractivity contribution in [2.75, 3.05) is 13.2 Å². The molecule has 6 atom stereocenters. The van der Waals surface area contributed by atoms with Crippen molar-refractivity contribution >= 4 is 23.9 Å². The Hall–Kier alpha value is -5.92. The predicted octanol–water partition coefficient (Wildman–Crippen LogP) is 15.1. The van der Waals surface area contributed by atoms with Gasteiger partial charge in [0.25, 0.3) is 0 Å². The number of carboxylic acids is 1. The number of esters is 3. The third-order valence-electron chi connectivity index (χ3n) is 11.8. The van der Waals surface area contributed by atoms with E-state index in [9.17, 15) is 34.5 Å². The van der Waals surface area contributed by atoms with Crippen LogP contribution in [-0.4, -0.2) is 89.2 Å². The smallest absolute Gasteiger partial charge is 0.335 e. The zero-order valence-corrected chi connectivity index (χ0v) is 48.0. The molecule has 0 bridgehead atoms. The van der Waals surface area contributed by atoms with Gasteiger partial charge in [0.05, 0.1) is 13.0 Å². The van der Waals surface area contributed by atoms with Crippen molar-refractivity contribution < 1.29 is 58.2 Å². The lowest BCUT2D eigenvalue weighted by atomic mass is 9.98. The lowest BCUT2D eigenvalue weighted by molar-refractivity contribution is -0.301. The van der Waals surface area contributed by atoms with Crippen molar-refractivity contribution in [3.05, 3.63) is 170 Å². The van der Waals surface area contributed by atoms with E-state index in [4.69, 9.17) is 23.7 Å². The molecule has 438 valence electrons. The number of aliphatic hydroxyl groups excluding tert-OH is 2. The van der Waals surface area contributed by atoms with Gasteiger partial charge in [-0.1, -0.05) is 204 Å². The average Bonchev–Trinajstić information content (AvgIpc) is 3.46. The SMILES string of the molecule is CC/C=C\C/C=C\C/C=C\C/C=C\C/C=C\CCCC(=O)OCC(COC1OC(C(=O)O)C(O)C(O)C1OC(=O)C/C=C\C/C=C\C/C=C\C/C=C\C/C=C\CC)OC(=O)CCCCCC/C=C\C/C=C\C/C=C\C/C=C\CC. The second-order valence-electron chi connectivity index (χ2n) is 18.8. The number of carboxylic acid groups (broad SMARTS) is 1. The molecule has 0 aromatic carbocycles. The summed E-state index contributed by atoms with van der Waals surface area (Å²) in [5.74, 6) is -3.43. The lowest BCUT2D eigenvalue weighted by Crippen LogP contribution is -2.61. The largest absolute Gasteiger partial charge is 0.479 e. The Morgan fingerprint density at radius 3 is 1.24 bits per heavy atom. The molecule has 3 N–H and O–H groups in total. The molecule has 1 heterocycles. The molecule has 0 aliphatic carbocycles. The van der Waals surface area contributed by atoms with Gasteiger partial charge >= 0.3 is 23.9 Å². The molecule has 0 amide bonds. The third kappa shape index (κ3) is 42.7. The van der Waals surface area contributed by atoms with Gasteiger partial charge < -0.3 is 39.0 Å². The van der Waals surface area contributed by atoms with Crippen LogP contribution in [0.1, 0.15) is 175 Å². The van der Waals surface area contributed by atoms with Crippen molar-refractivity contribution in [3.63, 3.8) is 0 Å². The molecule has 0 saturated carbocycles. The van der Waals surface area contributed by atoms with Crippen molar-refractivity contribution in [2.45, 2.75) is 212 Å². The Morgan fingerprint density at radius 2 is 0.810 bits per heavy atom. The number of rotatable bonds is 46. The fourth-order valence-corrected chi connectivity index (χ4v) is 7.47. The van der Waals surface area contributed by atoms with E-state index >= 15 is 0 Å². The maximum absolute atomic E-state index is 13.2. The molecule has 6 unspecified atom stereocenters. The number of aliphatic carboxylic acids is 1. The minimum Gasteiger partial charge on any atom is -0.479 e. The maximum atomic E-state index is 13.2. The zero-order chi connectivity index (χ0) is 57.5. The summed E-state index contributed by atoms with van der Waals surface area (Å²) in [6.45, 7) is 5.51. The fraction of sp³-hybridized carbons (Fsp3) is 0.522. The molecule has 79 heavy (non-hydrogen) atoms.